The number of aryl methyl sites for hydroxylation is 2. The Morgan fingerprint density at radius 1 is 1.26 bits per heavy atom. The van der Waals surface area contributed by atoms with Gasteiger partial charge in [0.25, 0.3) is 0 Å². The van der Waals surface area contributed by atoms with Crippen LogP contribution in [-0.4, -0.2) is 28.3 Å². The lowest BCUT2D eigenvalue weighted by Gasteiger charge is -2.31. The summed E-state index contributed by atoms with van der Waals surface area (Å²) in [5, 5.41) is 6.61. The average Bonchev–Trinajstić information content (AvgIpc) is 3.09. The molecule has 0 radical (unpaired) electrons. The molecule has 2 aromatic rings. The van der Waals surface area contributed by atoms with Gasteiger partial charge in [-0.1, -0.05) is 41.4 Å². The molecule has 0 spiro atoms. The smallest absolute Gasteiger partial charge is 0.353 e. The Morgan fingerprint density at radius 2 is 2.00 bits per heavy atom. The maximum absolute atomic E-state index is 12.8. The van der Waals surface area contributed by atoms with Gasteiger partial charge in [-0.3, -0.25) is 4.79 Å². The number of amides is 1. The SMILES string of the molecule is Cc1ccc(-c2noc(CCC(=O)N[C@@H]3CCC[C@H](C(F)(F)F)C3)n2)cc1. The second kappa shape index (κ2) is 8.10. The van der Waals surface area contributed by atoms with Crippen LogP contribution in [0.5, 0.6) is 0 Å². The number of nitrogens with zero attached hydrogens (tertiary/aromatic N) is 2. The molecule has 1 aliphatic rings. The van der Waals surface area contributed by atoms with Crippen LogP contribution in [0.3, 0.4) is 0 Å². The summed E-state index contributed by atoms with van der Waals surface area (Å²) in [4.78, 5) is 16.3. The van der Waals surface area contributed by atoms with Gasteiger partial charge in [-0.2, -0.15) is 18.2 Å². The van der Waals surface area contributed by atoms with Gasteiger partial charge in [-0.15, -0.1) is 0 Å². The first kappa shape index (κ1) is 19.4. The number of alkyl halides is 3. The molecule has 1 aromatic heterocycles. The van der Waals surface area contributed by atoms with Crippen LogP contribution in [0.15, 0.2) is 28.8 Å². The molecule has 2 atom stereocenters. The Kier molecular flexibility index (Phi) is 5.82. The van der Waals surface area contributed by atoms with Gasteiger partial charge in [0, 0.05) is 24.4 Å². The van der Waals surface area contributed by atoms with Crippen LogP contribution in [0.1, 0.15) is 43.6 Å². The van der Waals surface area contributed by atoms with E-state index in [0.717, 1.165) is 11.1 Å². The Balaban J connectivity index is 1.49. The fraction of sp³-hybridized carbons (Fsp3) is 0.526. The van der Waals surface area contributed by atoms with E-state index in [1.165, 1.54) is 0 Å². The topological polar surface area (TPSA) is 68.0 Å². The number of aromatic nitrogens is 2. The van der Waals surface area contributed by atoms with Crippen molar-refractivity contribution >= 4 is 5.91 Å². The minimum Gasteiger partial charge on any atom is -0.353 e. The molecule has 1 N–H and O–H groups in total. The van der Waals surface area contributed by atoms with E-state index in [4.69, 9.17) is 4.52 Å². The van der Waals surface area contributed by atoms with Crippen molar-refractivity contribution in [2.24, 2.45) is 5.92 Å². The molecule has 1 amide bonds. The molecule has 0 bridgehead atoms. The number of carbonyl (C=O) groups is 1. The number of halogens is 3. The van der Waals surface area contributed by atoms with Gasteiger partial charge in [0.15, 0.2) is 0 Å². The van der Waals surface area contributed by atoms with Gasteiger partial charge in [0.2, 0.25) is 17.6 Å². The van der Waals surface area contributed by atoms with Gasteiger partial charge in [-0.25, -0.2) is 0 Å². The van der Waals surface area contributed by atoms with Gasteiger partial charge in [-0.05, 0) is 26.2 Å². The summed E-state index contributed by atoms with van der Waals surface area (Å²) in [5.74, 6) is -0.842. The summed E-state index contributed by atoms with van der Waals surface area (Å²) in [6.45, 7) is 1.98. The molecular formula is C19H22F3N3O2. The molecule has 0 unspecified atom stereocenters. The molecular weight excluding hydrogens is 359 g/mol. The molecule has 3 rings (SSSR count). The predicted molar refractivity (Wildman–Crippen MR) is 92.7 cm³/mol. The van der Waals surface area contributed by atoms with Crippen LogP contribution in [0.25, 0.3) is 11.4 Å². The van der Waals surface area contributed by atoms with Crippen LogP contribution in [0.4, 0.5) is 13.2 Å². The fourth-order valence-electron chi connectivity index (χ4n) is 3.31. The van der Waals surface area contributed by atoms with Gasteiger partial charge in [0.1, 0.15) is 0 Å². The third kappa shape index (κ3) is 5.30. The van der Waals surface area contributed by atoms with Crippen molar-refractivity contribution in [3.63, 3.8) is 0 Å². The zero-order valence-corrected chi connectivity index (χ0v) is 15.1. The molecule has 8 heteroatoms. The van der Waals surface area contributed by atoms with Crippen LogP contribution >= 0.6 is 0 Å². The van der Waals surface area contributed by atoms with Crippen molar-refractivity contribution in [1.29, 1.82) is 0 Å². The number of rotatable bonds is 5. The van der Waals surface area contributed by atoms with Crippen LogP contribution in [0.2, 0.25) is 0 Å². The van der Waals surface area contributed by atoms with Crippen LogP contribution in [-0.2, 0) is 11.2 Å². The first-order valence-corrected chi connectivity index (χ1v) is 9.07. The third-order valence-electron chi connectivity index (χ3n) is 4.85. The summed E-state index contributed by atoms with van der Waals surface area (Å²) in [6, 6.07) is 7.23. The van der Waals surface area contributed by atoms with Gasteiger partial charge in [0.05, 0.1) is 5.92 Å². The summed E-state index contributed by atoms with van der Waals surface area (Å²) in [5.41, 5.74) is 1.94. The maximum Gasteiger partial charge on any atom is 0.391 e. The molecule has 5 nitrogen and oxygen atoms in total. The first-order valence-electron chi connectivity index (χ1n) is 9.07. The van der Waals surface area contributed by atoms with E-state index >= 15 is 0 Å². The zero-order valence-electron chi connectivity index (χ0n) is 15.1. The molecule has 1 heterocycles. The lowest BCUT2D eigenvalue weighted by molar-refractivity contribution is -0.184. The standard InChI is InChI=1S/C19H22F3N3O2/c1-12-5-7-13(8-6-12)18-24-17(27-25-18)10-9-16(26)23-15-4-2-3-14(11-15)19(20,21)22/h5-8,14-15H,2-4,9-11H2,1H3,(H,23,26)/t14-,15+/m0/s1. The Morgan fingerprint density at radius 3 is 2.70 bits per heavy atom. The highest BCUT2D eigenvalue weighted by atomic mass is 19.4. The molecule has 1 fully saturated rings. The second-order valence-corrected chi connectivity index (χ2v) is 7.05. The van der Waals surface area contributed by atoms with E-state index in [1.54, 1.807) is 0 Å². The van der Waals surface area contributed by atoms with Crippen molar-refractivity contribution < 1.29 is 22.5 Å². The Hall–Kier alpha value is -2.38. The minimum absolute atomic E-state index is 0.0482. The van der Waals surface area contributed by atoms with Gasteiger partial charge < -0.3 is 9.84 Å². The largest absolute Gasteiger partial charge is 0.391 e. The number of benzene rings is 1. The number of nitrogens with one attached hydrogen (secondary N) is 1. The van der Waals surface area contributed by atoms with Crippen LogP contribution < -0.4 is 5.32 Å². The molecule has 0 saturated heterocycles. The average molecular weight is 381 g/mol. The second-order valence-electron chi connectivity index (χ2n) is 7.05. The number of hydrogen-bond donors (Lipinski definition) is 1. The summed E-state index contributed by atoms with van der Waals surface area (Å²) in [7, 11) is 0. The lowest BCUT2D eigenvalue weighted by Crippen LogP contribution is -2.41. The quantitative estimate of drug-likeness (QED) is 0.842. The highest BCUT2D eigenvalue weighted by Gasteiger charge is 2.42. The van der Waals surface area contributed by atoms with E-state index in [2.05, 4.69) is 15.5 Å². The minimum atomic E-state index is -4.19. The molecule has 1 aliphatic carbocycles. The van der Waals surface area contributed by atoms with Gasteiger partial charge >= 0.3 is 6.18 Å². The highest BCUT2D eigenvalue weighted by molar-refractivity contribution is 5.76. The summed E-state index contributed by atoms with van der Waals surface area (Å²) in [6.07, 6.45) is -2.70. The molecule has 0 aliphatic heterocycles. The maximum atomic E-state index is 12.8. The first-order chi connectivity index (χ1) is 12.8. The summed E-state index contributed by atoms with van der Waals surface area (Å²) >= 11 is 0. The zero-order chi connectivity index (χ0) is 19.4. The third-order valence-corrected chi connectivity index (χ3v) is 4.85. The lowest BCUT2D eigenvalue weighted by atomic mass is 9.85. The highest BCUT2D eigenvalue weighted by Crippen LogP contribution is 2.37. The van der Waals surface area contributed by atoms with Crippen molar-refractivity contribution in [3.8, 4) is 11.4 Å². The van der Waals surface area contributed by atoms with E-state index < -0.39 is 18.1 Å². The molecule has 146 valence electrons. The van der Waals surface area contributed by atoms with E-state index in [1.807, 2.05) is 31.2 Å². The van der Waals surface area contributed by atoms with Crippen molar-refractivity contribution in [2.75, 3.05) is 0 Å². The predicted octanol–water partition coefficient (Wildman–Crippen LogP) is 4.21. The molecule has 1 saturated carbocycles. The van der Waals surface area contributed by atoms with Crippen molar-refractivity contribution in [2.45, 2.75) is 57.7 Å². The van der Waals surface area contributed by atoms with E-state index in [9.17, 15) is 18.0 Å². The van der Waals surface area contributed by atoms with Crippen LogP contribution in [0, 0.1) is 12.8 Å². The normalized spacial score (nSPS) is 20.4. The summed E-state index contributed by atoms with van der Waals surface area (Å²) < 4.78 is 43.7. The van der Waals surface area contributed by atoms with Crippen molar-refractivity contribution in [3.05, 3.63) is 35.7 Å². The fourth-order valence-corrected chi connectivity index (χ4v) is 3.31. The van der Waals surface area contributed by atoms with E-state index in [0.29, 0.717) is 24.6 Å². The molecule has 27 heavy (non-hydrogen) atoms. The molecule has 1 aromatic carbocycles. The monoisotopic (exact) mass is 381 g/mol. The Labute approximate surface area is 155 Å². The van der Waals surface area contributed by atoms with Crippen molar-refractivity contribution in [1.82, 2.24) is 15.5 Å². The number of carbonyl (C=O) groups excluding carboxylic acids is 1. The van der Waals surface area contributed by atoms with E-state index in [-0.39, 0.29) is 31.6 Å². The Bertz CT molecular complexity index is 771. The number of hydrogen-bond acceptors (Lipinski definition) is 4.